The lowest BCUT2D eigenvalue weighted by Crippen LogP contribution is -2.05. The number of aromatic nitrogens is 1. The van der Waals surface area contributed by atoms with E-state index in [0.29, 0.717) is 21.6 Å². The zero-order valence-corrected chi connectivity index (χ0v) is 11.6. The Balaban J connectivity index is 2.37. The van der Waals surface area contributed by atoms with E-state index in [2.05, 4.69) is 20.9 Å². The molecule has 0 fully saturated rings. The van der Waals surface area contributed by atoms with Crippen molar-refractivity contribution < 1.29 is 9.90 Å². The van der Waals surface area contributed by atoms with Gasteiger partial charge in [0, 0.05) is 11.2 Å². The number of rotatable bonds is 3. The third-order valence-corrected chi connectivity index (χ3v) is 3.37. The normalized spacial score (nSPS) is 10.3. The number of pyridine rings is 1. The molecule has 1 heterocycles. The second-order valence-electron chi connectivity index (χ2n) is 3.74. The molecule has 2 aromatic rings. The van der Waals surface area contributed by atoms with Crippen LogP contribution in [0.5, 0.6) is 0 Å². The summed E-state index contributed by atoms with van der Waals surface area (Å²) in [6, 6.07) is 9.04. The number of nitrogens with zero attached hydrogens (tertiary/aromatic N) is 1. The molecule has 0 atom stereocenters. The summed E-state index contributed by atoms with van der Waals surface area (Å²) in [5.74, 6) is -0.987. The highest BCUT2D eigenvalue weighted by Gasteiger charge is 2.15. The maximum atomic E-state index is 11.2. The number of carboxylic acid groups (broad SMARTS) is 1. The Kier molecular flexibility index (Phi) is 3.99. The van der Waals surface area contributed by atoms with Crippen LogP contribution < -0.4 is 0 Å². The fourth-order valence-electron chi connectivity index (χ4n) is 1.67. The van der Waals surface area contributed by atoms with Crippen molar-refractivity contribution in [2.45, 2.75) is 6.42 Å². The van der Waals surface area contributed by atoms with E-state index in [-0.39, 0.29) is 5.56 Å². The Hall–Kier alpha value is -1.39. The highest BCUT2D eigenvalue weighted by Crippen LogP contribution is 2.21. The van der Waals surface area contributed by atoms with Crippen LogP contribution in [-0.4, -0.2) is 16.1 Å². The largest absolute Gasteiger partial charge is 0.478 e. The molecular weight excluding hydrogens is 318 g/mol. The van der Waals surface area contributed by atoms with Crippen LogP contribution in [0.25, 0.3) is 0 Å². The van der Waals surface area contributed by atoms with Gasteiger partial charge in [0.15, 0.2) is 0 Å². The number of carboxylic acids is 1. The molecule has 18 heavy (non-hydrogen) atoms. The minimum Gasteiger partial charge on any atom is -0.478 e. The Labute approximate surface area is 118 Å². The summed E-state index contributed by atoms with van der Waals surface area (Å²) in [6.07, 6.45) is 2.11. The van der Waals surface area contributed by atoms with Gasteiger partial charge in [0.1, 0.15) is 4.60 Å². The van der Waals surface area contributed by atoms with Gasteiger partial charge in [-0.2, -0.15) is 0 Å². The van der Waals surface area contributed by atoms with Gasteiger partial charge in [-0.15, -0.1) is 0 Å². The minimum atomic E-state index is -0.987. The lowest BCUT2D eigenvalue weighted by atomic mass is 10.0. The molecule has 1 aromatic heterocycles. The van der Waals surface area contributed by atoms with Crippen LogP contribution in [0.15, 0.2) is 41.1 Å². The van der Waals surface area contributed by atoms with Crippen LogP contribution >= 0.6 is 27.5 Å². The summed E-state index contributed by atoms with van der Waals surface area (Å²) >= 11 is 8.97. The van der Waals surface area contributed by atoms with Crippen molar-refractivity contribution in [3.8, 4) is 0 Å². The zero-order chi connectivity index (χ0) is 13.1. The van der Waals surface area contributed by atoms with Gasteiger partial charge in [-0.3, -0.25) is 0 Å². The van der Waals surface area contributed by atoms with Gasteiger partial charge in [0.05, 0.1) is 5.56 Å². The van der Waals surface area contributed by atoms with Crippen LogP contribution in [0.1, 0.15) is 21.5 Å². The van der Waals surface area contributed by atoms with Gasteiger partial charge >= 0.3 is 5.97 Å². The molecule has 0 saturated carbocycles. The molecule has 0 radical (unpaired) electrons. The maximum Gasteiger partial charge on any atom is 0.338 e. The quantitative estimate of drug-likeness (QED) is 0.873. The summed E-state index contributed by atoms with van der Waals surface area (Å²) < 4.78 is 0.349. The van der Waals surface area contributed by atoms with Gasteiger partial charge in [0.2, 0.25) is 0 Å². The van der Waals surface area contributed by atoms with E-state index in [1.807, 2.05) is 12.1 Å². The van der Waals surface area contributed by atoms with Gasteiger partial charge in [-0.1, -0.05) is 23.7 Å². The Morgan fingerprint density at radius 2 is 1.94 bits per heavy atom. The number of halogens is 2. The standard InChI is InChI=1S/C13H9BrClNO2/c14-12-11(13(17)18)9(5-6-16-12)7-8-1-3-10(15)4-2-8/h1-6H,7H2,(H,17,18). The molecule has 0 unspecified atom stereocenters. The summed E-state index contributed by atoms with van der Waals surface area (Å²) in [6.45, 7) is 0. The third-order valence-electron chi connectivity index (χ3n) is 2.51. The highest BCUT2D eigenvalue weighted by molar-refractivity contribution is 9.10. The molecule has 1 aromatic carbocycles. The predicted octanol–water partition coefficient (Wildman–Crippen LogP) is 3.79. The number of hydrogen-bond acceptors (Lipinski definition) is 2. The highest BCUT2D eigenvalue weighted by atomic mass is 79.9. The number of aromatic carboxylic acids is 1. The van der Waals surface area contributed by atoms with Gasteiger partial charge in [-0.25, -0.2) is 9.78 Å². The number of benzene rings is 1. The molecule has 1 N–H and O–H groups in total. The average molecular weight is 327 g/mol. The topological polar surface area (TPSA) is 50.2 Å². The van der Waals surface area contributed by atoms with Crippen molar-refractivity contribution in [3.63, 3.8) is 0 Å². The third kappa shape index (κ3) is 2.89. The zero-order valence-electron chi connectivity index (χ0n) is 9.23. The van der Waals surface area contributed by atoms with Crippen molar-refractivity contribution in [3.05, 3.63) is 62.8 Å². The fourth-order valence-corrected chi connectivity index (χ4v) is 2.34. The first-order valence-corrected chi connectivity index (χ1v) is 6.36. The van der Waals surface area contributed by atoms with Crippen molar-refractivity contribution in [1.29, 1.82) is 0 Å². The molecule has 2 rings (SSSR count). The van der Waals surface area contributed by atoms with Crippen LogP contribution in [0, 0.1) is 0 Å². The van der Waals surface area contributed by atoms with E-state index in [0.717, 1.165) is 5.56 Å². The molecule has 0 amide bonds. The second kappa shape index (κ2) is 5.50. The second-order valence-corrected chi connectivity index (χ2v) is 4.93. The first kappa shape index (κ1) is 13.1. The van der Waals surface area contributed by atoms with Crippen LogP contribution in [0.4, 0.5) is 0 Å². The molecule has 0 bridgehead atoms. The molecule has 92 valence electrons. The molecule has 3 nitrogen and oxygen atoms in total. The van der Waals surface area contributed by atoms with Gasteiger partial charge < -0.3 is 5.11 Å². The van der Waals surface area contributed by atoms with Crippen LogP contribution in [-0.2, 0) is 6.42 Å². The molecular formula is C13H9BrClNO2. The van der Waals surface area contributed by atoms with E-state index in [4.69, 9.17) is 11.6 Å². The number of carbonyl (C=O) groups is 1. The predicted molar refractivity (Wildman–Crippen MR) is 73.2 cm³/mol. The first-order chi connectivity index (χ1) is 8.58. The van der Waals surface area contributed by atoms with E-state index < -0.39 is 5.97 Å². The van der Waals surface area contributed by atoms with Gasteiger partial charge in [0.25, 0.3) is 0 Å². The lowest BCUT2D eigenvalue weighted by Gasteiger charge is -2.07. The Morgan fingerprint density at radius 3 is 2.56 bits per heavy atom. The molecule has 0 saturated heterocycles. The minimum absolute atomic E-state index is 0.201. The molecule has 0 aliphatic heterocycles. The lowest BCUT2D eigenvalue weighted by molar-refractivity contribution is 0.0694. The maximum absolute atomic E-state index is 11.2. The first-order valence-electron chi connectivity index (χ1n) is 5.19. The SMILES string of the molecule is O=C(O)c1c(Cc2ccc(Cl)cc2)ccnc1Br. The smallest absolute Gasteiger partial charge is 0.338 e. The molecule has 0 aliphatic rings. The Morgan fingerprint density at radius 1 is 1.28 bits per heavy atom. The van der Waals surface area contributed by atoms with Crippen molar-refractivity contribution >= 4 is 33.5 Å². The van der Waals surface area contributed by atoms with E-state index in [1.54, 1.807) is 24.4 Å². The summed E-state index contributed by atoms with van der Waals surface area (Å²) in [5, 5.41) is 9.84. The van der Waals surface area contributed by atoms with Crippen molar-refractivity contribution in [2.24, 2.45) is 0 Å². The molecule has 0 aliphatic carbocycles. The Bertz CT molecular complexity index is 584. The van der Waals surface area contributed by atoms with Crippen LogP contribution in [0.3, 0.4) is 0 Å². The molecule has 5 heteroatoms. The van der Waals surface area contributed by atoms with Crippen molar-refractivity contribution in [1.82, 2.24) is 4.98 Å². The van der Waals surface area contributed by atoms with E-state index >= 15 is 0 Å². The summed E-state index contributed by atoms with van der Waals surface area (Å²) in [7, 11) is 0. The monoisotopic (exact) mass is 325 g/mol. The average Bonchev–Trinajstić information content (AvgIpc) is 2.32. The number of hydrogen-bond donors (Lipinski definition) is 1. The van der Waals surface area contributed by atoms with E-state index in [1.165, 1.54) is 0 Å². The fraction of sp³-hybridized carbons (Fsp3) is 0.0769. The summed E-state index contributed by atoms with van der Waals surface area (Å²) in [4.78, 5) is 15.1. The summed E-state index contributed by atoms with van der Waals surface area (Å²) in [5.41, 5.74) is 1.92. The van der Waals surface area contributed by atoms with E-state index in [9.17, 15) is 9.90 Å². The van der Waals surface area contributed by atoms with Crippen LogP contribution in [0.2, 0.25) is 5.02 Å². The van der Waals surface area contributed by atoms with Crippen molar-refractivity contribution in [2.75, 3.05) is 0 Å². The van der Waals surface area contributed by atoms with Gasteiger partial charge in [-0.05, 0) is 51.7 Å². The molecule has 0 spiro atoms.